The van der Waals surface area contributed by atoms with Crippen LogP contribution in [0, 0.1) is 0 Å². The molecule has 0 aliphatic carbocycles. The van der Waals surface area contributed by atoms with E-state index < -0.39 is 5.97 Å². The Labute approximate surface area is 148 Å². The predicted octanol–water partition coefficient (Wildman–Crippen LogP) is 4.21. The number of ether oxygens (including phenoxy) is 2. The molecule has 26 heavy (non-hydrogen) atoms. The predicted molar refractivity (Wildman–Crippen MR) is 93.4 cm³/mol. The van der Waals surface area contributed by atoms with Crippen molar-refractivity contribution < 1.29 is 23.2 Å². The zero-order chi connectivity index (χ0) is 17.8. The van der Waals surface area contributed by atoms with E-state index in [0.29, 0.717) is 23.0 Å². The van der Waals surface area contributed by atoms with E-state index in [1.165, 1.54) is 0 Å². The molecule has 0 saturated heterocycles. The van der Waals surface area contributed by atoms with Crippen LogP contribution >= 0.6 is 0 Å². The summed E-state index contributed by atoms with van der Waals surface area (Å²) in [6.07, 6.45) is 1.54. The van der Waals surface area contributed by atoms with Crippen molar-refractivity contribution >= 4 is 16.7 Å². The summed E-state index contributed by atoms with van der Waals surface area (Å²) in [5, 5.41) is 6.00. The first-order valence-electron chi connectivity index (χ1n) is 8.05. The molecule has 4 rings (SSSR count). The van der Waals surface area contributed by atoms with Crippen LogP contribution < -0.4 is 4.74 Å². The summed E-state index contributed by atoms with van der Waals surface area (Å²) in [4.78, 5) is 11.9. The maximum Gasteiger partial charge on any atom is 0.344 e. The Morgan fingerprint density at radius 2 is 1.85 bits per heavy atom. The minimum atomic E-state index is -0.485. The van der Waals surface area contributed by atoms with Crippen molar-refractivity contribution in [2.45, 2.75) is 6.61 Å². The maximum absolute atomic E-state index is 11.9. The van der Waals surface area contributed by atoms with Crippen LogP contribution in [0.3, 0.4) is 0 Å². The van der Waals surface area contributed by atoms with E-state index in [0.717, 1.165) is 10.8 Å². The molecule has 4 aromatic rings. The molecule has 130 valence electrons. The number of fused-ring (bicyclic) bond motifs is 1. The van der Waals surface area contributed by atoms with Gasteiger partial charge in [-0.15, -0.1) is 0 Å². The Hall–Kier alpha value is -3.54. The van der Waals surface area contributed by atoms with E-state index in [4.69, 9.17) is 18.4 Å². The van der Waals surface area contributed by atoms with Crippen molar-refractivity contribution in [3.05, 3.63) is 72.6 Å². The second-order valence-electron chi connectivity index (χ2n) is 5.62. The van der Waals surface area contributed by atoms with Gasteiger partial charge in [0.15, 0.2) is 12.4 Å². The normalized spacial score (nSPS) is 10.8. The lowest BCUT2D eigenvalue weighted by molar-refractivity contribution is -0.147. The first kappa shape index (κ1) is 16.0. The van der Waals surface area contributed by atoms with Gasteiger partial charge in [-0.2, -0.15) is 0 Å². The minimum Gasteiger partial charge on any atom is -0.482 e. The largest absolute Gasteiger partial charge is 0.482 e. The van der Waals surface area contributed by atoms with Crippen molar-refractivity contribution in [2.75, 3.05) is 6.61 Å². The molecular weight excluding hydrogens is 334 g/mol. The number of benzene rings is 2. The van der Waals surface area contributed by atoms with Gasteiger partial charge in [0, 0.05) is 6.07 Å². The van der Waals surface area contributed by atoms with Crippen LogP contribution in [0.25, 0.3) is 22.3 Å². The number of carbonyl (C=O) groups excluding carboxylic acids is 1. The number of hydrogen-bond acceptors (Lipinski definition) is 6. The zero-order valence-corrected chi connectivity index (χ0v) is 13.8. The zero-order valence-electron chi connectivity index (χ0n) is 13.8. The Bertz CT molecular complexity index is 1020. The number of carbonyl (C=O) groups is 1. The van der Waals surface area contributed by atoms with Gasteiger partial charge >= 0.3 is 5.97 Å². The average molecular weight is 349 g/mol. The topological polar surface area (TPSA) is 74.7 Å². The van der Waals surface area contributed by atoms with Gasteiger partial charge in [-0.3, -0.25) is 0 Å². The molecule has 0 fully saturated rings. The van der Waals surface area contributed by atoms with Gasteiger partial charge in [-0.25, -0.2) is 4.79 Å². The van der Waals surface area contributed by atoms with Gasteiger partial charge < -0.3 is 18.4 Å². The molecule has 6 heteroatoms. The molecule has 0 unspecified atom stereocenters. The first-order chi connectivity index (χ1) is 12.8. The Morgan fingerprint density at radius 1 is 0.962 bits per heavy atom. The minimum absolute atomic E-state index is 0.00409. The van der Waals surface area contributed by atoms with Gasteiger partial charge in [0.05, 0.1) is 6.26 Å². The fourth-order valence-electron chi connectivity index (χ4n) is 2.51. The number of aromatic nitrogens is 1. The monoisotopic (exact) mass is 349 g/mol. The average Bonchev–Trinajstić information content (AvgIpc) is 3.36. The van der Waals surface area contributed by atoms with E-state index in [1.807, 2.05) is 42.5 Å². The lowest BCUT2D eigenvalue weighted by Crippen LogP contribution is -2.14. The summed E-state index contributed by atoms with van der Waals surface area (Å²) in [5.74, 6) is 1.17. The van der Waals surface area contributed by atoms with E-state index in [2.05, 4.69) is 5.16 Å². The summed E-state index contributed by atoms with van der Waals surface area (Å²) in [6, 6.07) is 18.8. The molecule has 2 aromatic carbocycles. The number of nitrogens with zero attached hydrogens (tertiary/aromatic N) is 1. The Balaban J connectivity index is 1.30. The van der Waals surface area contributed by atoms with E-state index in [9.17, 15) is 4.79 Å². The Morgan fingerprint density at radius 3 is 2.69 bits per heavy atom. The molecular formula is C20H15NO5. The molecule has 2 aromatic heterocycles. The molecule has 0 N–H and O–H groups in total. The van der Waals surface area contributed by atoms with Crippen molar-refractivity contribution in [3.63, 3.8) is 0 Å². The van der Waals surface area contributed by atoms with E-state index in [1.54, 1.807) is 24.5 Å². The fourth-order valence-corrected chi connectivity index (χ4v) is 2.51. The molecule has 0 spiro atoms. The highest BCUT2D eigenvalue weighted by atomic mass is 16.6. The molecule has 0 aliphatic rings. The third-order valence-corrected chi connectivity index (χ3v) is 3.78. The second kappa shape index (κ2) is 7.14. The van der Waals surface area contributed by atoms with Gasteiger partial charge in [0.25, 0.3) is 0 Å². The van der Waals surface area contributed by atoms with Gasteiger partial charge in [-0.05, 0) is 35.0 Å². The van der Waals surface area contributed by atoms with Crippen molar-refractivity contribution in [1.82, 2.24) is 5.16 Å². The molecule has 6 nitrogen and oxygen atoms in total. The molecule has 0 aliphatic heterocycles. The van der Waals surface area contributed by atoms with Gasteiger partial charge in [0.1, 0.15) is 18.1 Å². The van der Waals surface area contributed by atoms with Crippen LogP contribution in [0.5, 0.6) is 5.75 Å². The third-order valence-electron chi connectivity index (χ3n) is 3.78. The summed E-state index contributed by atoms with van der Waals surface area (Å²) in [6.45, 7) is -0.175. The smallest absolute Gasteiger partial charge is 0.344 e. The number of hydrogen-bond donors (Lipinski definition) is 0. The maximum atomic E-state index is 11.9. The molecule has 2 heterocycles. The molecule has 0 radical (unpaired) electrons. The summed E-state index contributed by atoms with van der Waals surface area (Å²) in [5.41, 5.74) is 0.496. The number of rotatable bonds is 6. The van der Waals surface area contributed by atoms with Crippen LogP contribution in [-0.2, 0) is 16.1 Å². The van der Waals surface area contributed by atoms with Gasteiger partial charge in [-0.1, -0.05) is 35.5 Å². The van der Waals surface area contributed by atoms with Crippen LogP contribution in [0.2, 0.25) is 0 Å². The van der Waals surface area contributed by atoms with Crippen LogP contribution in [0.4, 0.5) is 0 Å². The van der Waals surface area contributed by atoms with Crippen molar-refractivity contribution in [2.24, 2.45) is 0 Å². The highest BCUT2D eigenvalue weighted by Crippen LogP contribution is 2.22. The SMILES string of the molecule is O=C(COc1ccc2ccccc2c1)OCc1cc(-c2ccco2)on1. The summed E-state index contributed by atoms with van der Waals surface area (Å²) in [7, 11) is 0. The van der Waals surface area contributed by atoms with Gasteiger partial charge in [0.2, 0.25) is 5.76 Å². The highest BCUT2D eigenvalue weighted by molar-refractivity contribution is 5.83. The molecule has 0 amide bonds. The fraction of sp³-hybridized carbons (Fsp3) is 0.100. The second-order valence-corrected chi connectivity index (χ2v) is 5.62. The lowest BCUT2D eigenvalue weighted by atomic mass is 10.1. The van der Waals surface area contributed by atoms with Crippen LogP contribution in [0.1, 0.15) is 5.69 Å². The number of furan rings is 1. The summed E-state index contributed by atoms with van der Waals surface area (Å²) >= 11 is 0. The third kappa shape index (κ3) is 3.59. The van der Waals surface area contributed by atoms with Crippen molar-refractivity contribution in [3.8, 4) is 17.3 Å². The first-order valence-corrected chi connectivity index (χ1v) is 8.05. The Kier molecular flexibility index (Phi) is 4.38. The molecule has 0 atom stereocenters. The van der Waals surface area contributed by atoms with Crippen molar-refractivity contribution in [1.29, 1.82) is 0 Å². The lowest BCUT2D eigenvalue weighted by Gasteiger charge is -2.07. The highest BCUT2D eigenvalue weighted by Gasteiger charge is 2.11. The quantitative estimate of drug-likeness (QED) is 0.485. The van der Waals surface area contributed by atoms with Crippen LogP contribution in [0.15, 0.2) is 75.9 Å². The molecule has 0 saturated carbocycles. The van der Waals surface area contributed by atoms with Crippen LogP contribution in [-0.4, -0.2) is 17.7 Å². The molecule has 0 bridgehead atoms. The standard InChI is InChI=1S/C20H15NO5/c22-20(13-24-17-8-7-14-4-1-2-5-15(14)10-17)25-12-16-11-19(26-21-16)18-6-3-9-23-18/h1-11H,12-13H2. The van der Waals surface area contributed by atoms with E-state index in [-0.39, 0.29) is 13.2 Å². The summed E-state index contributed by atoms with van der Waals surface area (Å²) < 4.78 is 21.0. The number of esters is 1. The van der Waals surface area contributed by atoms with E-state index >= 15 is 0 Å².